The molecule has 2 heterocycles. The molecule has 9 nitrogen and oxygen atoms in total. The quantitative estimate of drug-likeness (QED) is 0.244. The van der Waals surface area contributed by atoms with Crippen LogP contribution in [0.4, 0.5) is 52.1 Å². The van der Waals surface area contributed by atoms with Gasteiger partial charge >= 0.3 is 30.6 Å². The van der Waals surface area contributed by atoms with Crippen molar-refractivity contribution in [1.29, 1.82) is 0 Å². The van der Waals surface area contributed by atoms with Crippen LogP contribution in [0.15, 0.2) is 30.3 Å². The van der Waals surface area contributed by atoms with Crippen molar-refractivity contribution in [3.8, 4) is 0 Å². The minimum absolute atomic E-state index is 0.0148. The molecule has 2 aromatic rings. The lowest BCUT2D eigenvalue weighted by atomic mass is 9.88. The van der Waals surface area contributed by atoms with Crippen molar-refractivity contribution in [2.75, 3.05) is 30.1 Å². The summed E-state index contributed by atoms with van der Waals surface area (Å²) in [6.45, 7) is 8.04. The maximum Gasteiger partial charge on any atom is 0.416 e. The van der Waals surface area contributed by atoms with Gasteiger partial charge in [-0.15, -0.1) is 0 Å². The van der Waals surface area contributed by atoms with E-state index >= 15 is 0 Å². The molecule has 252 valence electrons. The molecule has 0 bridgehead atoms. The fraction of sp³-hybridized carbons (Fsp3) is 0.516. The highest BCUT2D eigenvalue weighted by molar-refractivity contribution is 5.96. The molecule has 3 amide bonds. The largest absolute Gasteiger partial charge is 0.453 e. The number of anilines is 2. The molecule has 2 atom stereocenters. The summed E-state index contributed by atoms with van der Waals surface area (Å²) in [5.74, 6) is 0. The smallest absolute Gasteiger partial charge is 0.416 e. The summed E-state index contributed by atoms with van der Waals surface area (Å²) in [5, 5.41) is 0. The second-order valence-corrected chi connectivity index (χ2v) is 12.1. The number of nitrogens with zero attached hydrogens (tertiary/aromatic N) is 3. The van der Waals surface area contributed by atoms with Gasteiger partial charge in [0.2, 0.25) is 0 Å². The van der Waals surface area contributed by atoms with Crippen molar-refractivity contribution in [1.82, 2.24) is 4.90 Å². The van der Waals surface area contributed by atoms with Crippen molar-refractivity contribution in [2.24, 2.45) is 0 Å². The Balaban J connectivity index is 1.86. The molecule has 4 rings (SSSR count). The highest BCUT2D eigenvalue weighted by atomic mass is 19.4. The Morgan fingerprint density at radius 3 is 2.04 bits per heavy atom. The third-order valence-corrected chi connectivity index (χ3v) is 7.61. The second-order valence-electron chi connectivity index (χ2n) is 12.1. The number of ether oxygens (including phenoxy) is 3. The minimum Gasteiger partial charge on any atom is -0.453 e. The van der Waals surface area contributed by atoms with Gasteiger partial charge in [-0.05, 0) is 94.5 Å². The van der Waals surface area contributed by atoms with E-state index in [-0.39, 0.29) is 31.3 Å². The predicted molar refractivity (Wildman–Crippen MR) is 154 cm³/mol. The molecule has 2 aromatic carbocycles. The van der Waals surface area contributed by atoms with Gasteiger partial charge in [0.25, 0.3) is 0 Å². The Kier molecular flexibility index (Phi) is 9.47. The molecule has 2 aliphatic heterocycles. The van der Waals surface area contributed by atoms with E-state index in [1.807, 2.05) is 0 Å². The van der Waals surface area contributed by atoms with Gasteiger partial charge in [0.1, 0.15) is 5.60 Å². The predicted octanol–water partition coefficient (Wildman–Crippen LogP) is 8.09. The Bertz CT molecular complexity index is 1470. The number of carbonyl (C=O) groups excluding carboxylic acids is 3. The number of fused-ring (bicyclic) bond motifs is 2. The van der Waals surface area contributed by atoms with E-state index in [4.69, 9.17) is 14.2 Å². The van der Waals surface area contributed by atoms with Crippen LogP contribution in [0.5, 0.6) is 0 Å². The topological polar surface area (TPSA) is 88.6 Å². The normalized spacial score (nSPS) is 18.1. The fourth-order valence-electron chi connectivity index (χ4n) is 5.71. The lowest BCUT2D eigenvalue weighted by Gasteiger charge is -2.43. The number of rotatable bonds is 4. The molecule has 0 aromatic heterocycles. The number of amides is 3. The summed E-state index contributed by atoms with van der Waals surface area (Å²) in [5.41, 5.74) is -2.51. The van der Waals surface area contributed by atoms with Crippen LogP contribution in [0.3, 0.4) is 0 Å². The van der Waals surface area contributed by atoms with Gasteiger partial charge in [-0.1, -0.05) is 0 Å². The lowest BCUT2D eigenvalue weighted by molar-refractivity contribution is -0.143. The van der Waals surface area contributed by atoms with Crippen LogP contribution in [0.2, 0.25) is 0 Å². The van der Waals surface area contributed by atoms with Crippen molar-refractivity contribution < 1.29 is 54.9 Å². The van der Waals surface area contributed by atoms with Crippen molar-refractivity contribution in [3.05, 3.63) is 58.1 Å². The molecule has 0 N–H and O–H groups in total. The number of alkyl halides is 6. The molecule has 0 fully saturated rings. The molecule has 0 aliphatic carbocycles. The molecule has 2 aliphatic rings. The molecule has 0 radical (unpaired) electrons. The van der Waals surface area contributed by atoms with Gasteiger partial charge < -0.3 is 14.2 Å². The number of halogens is 6. The van der Waals surface area contributed by atoms with Gasteiger partial charge in [-0.25, -0.2) is 14.4 Å². The molecule has 15 heteroatoms. The first-order valence-electron chi connectivity index (χ1n) is 14.5. The molecule has 0 spiro atoms. The standard InChI is InChI=1S/C31H35F6N3O6/c1-7-45-28(43)40-17(2)10-24(22-13-19-8-9-38(23(19)15-25(22)40)27(42)46-29(3,4)5)39(26(41)44-6)16-18-11-20(30(32,33)34)14-21(12-18)31(35,36)37/h11-15,17,24H,7-10,16H2,1-6H3. The summed E-state index contributed by atoms with van der Waals surface area (Å²) < 4.78 is 97.6. The molecule has 0 saturated carbocycles. The summed E-state index contributed by atoms with van der Waals surface area (Å²) in [4.78, 5) is 43.2. The van der Waals surface area contributed by atoms with E-state index in [1.165, 1.54) is 9.80 Å². The Morgan fingerprint density at radius 1 is 0.913 bits per heavy atom. The van der Waals surface area contributed by atoms with Crippen LogP contribution in [-0.2, 0) is 39.5 Å². The molecular formula is C31H35F6N3O6. The maximum atomic E-state index is 13.6. The van der Waals surface area contributed by atoms with Crippen LogP contribution < -0.4 is 9.80 Å². The van der Waals surface area contributed by atoms with Crippen LogP contribution in [0.25, 0.3) is 0 Å². The molecule has 0 saturated heterocycles. The zero-order valence-electron chi connectivity index (χ0n) is 26.1. The zero-order chi connectivity index (χ0) is 34.4. The van der Waals surface area contributed by atoms with E-state index in [1.54, 1.807) is 46.8 Å². The van der Waals surface area contributed by atoms with Crippen LogP contribution >= 0.6 is 0 Å². The fourth-order valence-corrected chi connectivity index (χ4v) is 5.71. The van der Waals surface area contributed by atoms with E-state index in [9.17, 15) is 40.7 Å². The number of benzene rings is 2. The first-order chi connectivity index (χ1) is 21.2. The van der Waals surface area contributed by atoms with Gasteiger partial charge in [-0.3, -0.25) is 14.7 Å². The summed E-state index contributed by atoms with van der Waals surface area (Å²) >= 11 is 0. The first kappa shape index (κ1) is 34.7. The molecule has 46 heavy (non-hydrogen) atoms. The highest BCUT2D eigenvalue weighted by Crippen LogP contribution is 2.46. The lowest BCUT2D eigenvalue weighted by Crippen LogP contribution is -2.47. The number of hydrogen-bond acceptors (Lipinski definition) is 6. The Labute approximate surface area is 262 Å². The number of carbonyl (C=O) groups is 3. The van der Waals surface area contributed by atoms with Crippen LogP contribution in [0.1, 0.15) is 74.9 Å². The van der Waals surface area contributed by atoms with Crippen LogP contribution in [-0.4, -0.2) is 55.1 Å². The minimum atomic E-state index is -5.08. The van der Waals surface area contributed by atoms with E-state index in [0.717, 1.165) is 12.0 Å². The second kappa shape index (κ2) is 12.6. The third-order valence-electron chi connectivity index (χ3n) is 7.61. The SMILES string of the molecule is CCOC(=O)N1c2cc3c(cc2C(N(Cc2cc(C(F)(F)F)cc(C(F)(F)F)c2)C(=O)OC)CC1C)CCN3C(=O)OC(C)(C)C. The highest BCUT2D eigenvalue weighted by Gasteiger charge is 2.43. The number of hydrogen-bond donors (Lipinski definition) is 0. The summed E-state index contributed by atoms with van der Waals surface area (Å²) in [6.07, 6.45) is -12.1. The first-order valence-corrected chi connectivity index (χ1v) is 14.5. The van der Waals surface area contributed by atoms with Crippen molar-refractivity contribution in [2.45, 2.75) is 84.0 Å². The summed E-state index contributed by atoms with van der Waals surface area (Å²) in [6, 6.07) is 2.79. The van der Waals surface area contributed by atoms with Crippen molar-refractivity contribution >= 4 is 29.7 Å². The number of methoxy groups -OCH3 is 1. The Morgan fingerprint density at radius 2 is 1.52 bits per heavy atom. The Hall–Kier alpha value is -4.17. The monoisotopic (exact) mass is 659 g/mol. The zero-order valence-corrected chi connectivity index (χ0v) is 26.1. The van der Waals surface area contributed by atoms with Crippen LogP contribution in [0, 0.1) is 0 Å². The average molecular weight is 660 g/mol. The van der Waals surface area contributed by atoms with E-state index in [0.29, 0.717) is 35.4 Å². The van der Waals surface area contributed by atoms with Crippen molar-refractivity contribution in [3.63, 3.8) is 0 Å². The van der Waals surface area contributed by atoms with Gasteiger partial charge in [0, 0.05) is 19.1 Å². The summed E-state index contributed by atoms with van der Waals surface area (Å²) in [7, 11) is 1.04. The van der Waals surface area contributed by atoms with E-state index in [2.05, 4.69) is 0 Å². The third kappa shape index (κ3) is 7.28. The average Bonchev–Trinajstić information content (AvgIpc) is 3.35. The molecular weight excluding hydrogens is 624 g/mol. The van der Waals surface area contributed by atoms with Gasteiger partial charge in [-0.2, -0.15) is 26.3 Å². The van der Waals surface area contributed by atoms with Gasteiger partial charge in [0.15, 0.2) is 0 Å². The van der Waals surface area contributed by atoms with Gasteiger partial charge in [0.05, 0.1) is 42.3 Å². The maximum absolute atomic E-state index is 13.6. The van der Waals surface area contributed by atoms with E-state index < -0.39 is 71.6 Å². The molecule has 2 unspecified atom stereocenters.